The van der Waals surface area contributed by atoms with Crippen LogP contribution in [0, 0.1) is 0 Å². The van der Waals surface area contributed by atoms with E-state index in [9.17, 15) is 21.6 Å². The summed E-state index contributed by atoms with van der Waals surface area (Å²) in [5.41, 5.74) is 0.585. The third-order valence-electron chi connectivity index (χ3n) is 3.36. The van der Waals surface area contributed by atoms with Gasteiger partial charge in [0.25, 0.3) is 0 Å². The summed E-state index contributed by atoms with van der Waals surface area (Å²) in [5, 5.41) is 5.90. The summed E-state index contributed by atoms with van der Waals surface area (Å²) >= 11 is 4.45. The van der Waals surface area contributed by atoms with Crippen LogP contribution in [0.1, 0.15) is 23.6 Å². The zero-order valence-electron chi connectivity index (χ0n) is 13.8. The number of nitrogens with two attached hydrogens (primary N) is 1. The Morgan fingerprint density at radius 3 is 2.62 bits per heavy atom. The maximum absolute atomic E-state index is 12.6. The number of sulfone groups is 1. The average Bonchev–Trinajstić information content (AvgIpc) is 2.87. The lowest BCUT2D eigenvalue weighted by molar-refractivity contribution is -0.120. The standard InChI is InChI=1S/C14H18BrN3O5S3/c1-2-6-25(20,21)12(13(19)17-5-7-26(16,22)23)14-18-10-4-3-9(15)8-11(10)24-14/h3-4,8,12H,2,5-7H2,1H3,(H,17,19)(H2,16,22,23). The number of nitrogens with zero attached hydrogens (tertiary/aromatic N) is 1. The van der Waals surface area contributed by atoms with Crippen molar-refractivity contribution in [1.29, 1.82) is 0 Å². The van der Waals surface area contributed by atoms with E-state index < -0.39 is 36.8 Å². The van der Waals surface area contributed by atoms with Crippen LogP contribution in [0.5, 0.6) is 0 Å². The van der Waals surface area contributed by atoms with Gasteiger partial charge >= 0.3 is 0 Å². The lowest BCUT2D eigenvalue weighted by atomic mass is 10.3. The number of nitrogens with one attached hydrogen (secondary N) is 1. The number of benzene rings is 1. The molecule has 0 radical (unpaired) electrons. The van der Waals surface area contributed by atoms with E-state index in [1.54, 1.807) is 25.1 Å². The number of halogens is 1. The summed E-state index contributed by atoms with van der Waals surface area (Å²) in [4.78, 5) is 16.8. The van der Waals surface area contributed by atoms with Crippen molar-refractivity contribution in [2.45, 2.75) is 18.6 Å². The molecule has 3 N–H and O–H groups in total. The molecule has 1 unspecified atom stereocenters. The number of fused-ring (bicyclic) bond motifs is 1. The number of amides is 1. The molecule has 2 aromatic rings. The van der Waals surface area contributed by atoms with Gasteiger partial charge in [-0.15, -0.1) is 11.3 Å². The zero-order valence-corrected chi connectivity index (χ0v) is 17.8. The number of hydrogen-bond acceptors (Lipinski definition) is 7. The van der Waals surface area contributed by atoms with Crippen molar-refractivity contribution < 1.29 is 21.6 Å². The molecule has 1 atom stereocenters. The molecule has 1 aromatic heterocycles. The highest BCUT2D eigenvalue weighted by Crippen LogP contribution is 2.33. The lowest BCUT2D eigenvalue weighted by Gasteiger charge is -2.15. The zero-order chi connectivity index (χ0) is 19.5. The van der Waals surface area contributed by atoms with Gasteiger partial charge in [-0.05, 0) is 24.6 Å². The molecule has 0 aliphatic carbocycles. The minimum absolute atomic E-state index is 0.152. The van der Waals surface area contributed by atoms with Gasteiger partial charge in [-0.25, -0.2) is 27.0 Å². The van der Waals surface area contributed by atoms with Crippen molar-refractivity contribution in [2.75, 3.05) is 18.1 Å². The maximum atomic E-state index is 12.6. The molecule has 0 aliphatic rings. The lowest BCUT2D eigenvalue weighted by Crippen LogP contribution is -2.38. The van der Waals surface area contributed by atoms with Gasteiger partial charge in [-0.2, -0.15) is 0 Å². The Labute approximate surface area is 164 Å². The molecular formula is C14H18BrN3O5S3. The topological polar surface area (TPSA) is 136 Å². The number of hydrogen-bond donors (Lipinski definition) is 2. The summed E-state index contributed by atoms with van der Waals surface area (Å²) in [6.45, 7) is 1.43. The molecule has 0 bridgehead atoms. The van der Waals surface area contributed by atoms with Crippen molar-refractivity contribution in [3.05, 3.63) is 27.7 Å². The minimum Gasteiger partial charge on any atom is -0.354 e. The van der Waals surface area contributed by atoms with Crippen LogP contribution in [0.2, 0.25) is 0 Å². The van der Waals surface area contributed by atoms with Crippen molar-refractivity contribution in [2.24, 2.45) is 5.14 Å². The maximum Gasteiger partial charge on any atom is 0.245 e. The minimum atomic E-state index is -3.80. The summed E-state index contributed by atoms with van der Waals surface area (Å²) in [6.07, 6.45) is 0.347. The van der Waals surface area contributed by atoms with E-state index in [0.29, 0.717) is 11.9 Å². The molecule has 1 heterocycles. The summed E-state index contributed by atoms with van der Waals surface area (Å²) in [6, 6.07) is 5.29. The Bertz CT molecular complexity index is 1020. The molecular weight excluding hydrogens is 466 g/mol. The van der Waals surface area contributed by atoms with Crippen molar-refractivity contribution in [3.8, 4) is 0 Å². The summed E-state index contributed by atoms with van der Waals surface area (Å²) < 4.78 is 48.8. The van der Waals surface area contributed by atoms with Gasteiger partial charge in [-0.1, -0.05) is 22.9 Å². The highest BCUT2D eigenvalue weighted by Gasteiger charge is 2.36. The molecule has 26 heavy (non-hydrogen) atoms. The third-order valence-corrected chi connectivity index (χ3v) is 7.99. The van der Waals surface area contributed by atoms with Crippen LogP contribution in [0.3, 0.4) is 0 Å². The Hall–Kier alpha value is -1.08. The summed E-state index contributed by atoms with van der Waals surface area (Å²) in [7, 11) is -7.57. The highest BCUT2D eigenvalue weighted by atomic mass is 79.9. The molecule has 1 amide bonds. The Kier molecular flexibility index (Phi) is 6.77. The van der Waals surface area contributed by atoms with Gasteiger partial charge in [0.05, 0.1) is 21.7 Å². The normalized spacial score (nSPS) is 13.7. The Balaban J connectivity index is 2.38. The van der Waals surface area contributed by atoms with Crippen LogP contribution in [-0.4, -0.2) is 45.8 Å². The van der Waals surface area contributed by atoms with Crippen LogP contribution in [-0.2, 0) is 24.7 Å². The fraction of sp³-hybridized carbons (Fsp3) is 0.429. The molecule has 12 heteroatoms. The first kappa shape index (κ1) is 21.2. The number of aromatic nitrogens is 1. The first-order valence-corrected chi connectivity index (χ1v) is 12.6. The predicted octanol–water partition coefficient (Wildman–Crippen LogP) is 1.33. The Morgan fingerprint density at radius 1 is 1.31 bits per heavy atom. The quantitative estimate of drug-likeness (QED) is 0.580. The highest BCUT2D eigenvalue weighted by molar-refractivity contribution is 9.10. The molecule has 8 nitrogen and oxygen atoms in total. The van der Waals surface area contributed by atoms with Crippen LogP contribution in [0.15, 0.2) is 22.7 Å². The molecule has 0 aliphatic heterocycles. The van der Waals surface area contributed by atoms with E-state index in [1.165, 1.54) is 0 Å². The smallest absolute Gasteiger partial charge is 0.245 e. The molecule has 0 saturated carbocycles. The van der Waals surface area contributed by atoms with Gasteiger partial charge in [0, 0.05) is 11.0 Å². The van der Waals surface area contributed by atoms with Crippen molar-refractivity contribution >= 4 is 63.3 Å². The van der Waals surface area contributed by atoms with E-state index in [1.807, 2.05) is 0 Å². The second-order valence-electron chi connectivity index (χ2n) is 5.57. The molecule has 2 rings (SSSR count). The molecule has 0 fully saturated rings. The molecule has 0 saturated heterocycles. The number of sulfonamides is 1. The largest absolute Gasteiger partial charge is 0.354 e. The van der Waals surface area contributed by atoms with Gasteiger partial charge in [0.1, 0.15) is 5.01 Å². The van der Waals surface area contributed by atoms with Crippen molar-refractivity contribution in [1.82, 2.24) is 10.3 Å². The van der Waals surface area contributed by atoms with Crippen LogP contribution < -0.4 is 10.5 Å². The SMILES string of the molecule is CCCS(=O)(=O)C(C(=O)NCCS(N)(=O)=O)c1nc2ccc(Br)cc2s1. The van der Waals surface area contributed by atoms with Crippen LogP contribution in [0.25, 0.3) is 10.2 Å². The van der Waals surface area contributed by atoms with E-state index >= 15 is 0 Å². The molecule has 1 aromatic carbocycles. The van der Waals surface area contributed by atoms with E-state index in [2.05, 4.69) is 26.2 Å². The van der Waals surface area contributed by atoms with Gasteiger partial charge < -0.3 is 5.32 Å². The average molecular weight is 484 g/mol. The Morgan fingerprint density at radius 2 is 2.00 bits per heavy atom. The second kappa shape index (κ2) is 8.30. The number of carbonyl (C=O) groups excluding carboxylic acids is 1. The fourth-order valence-electron chi connectivity index (χ4n) is 2.27. The van der Waals surface area contributed by atoms with E-state index in [4.69, 9.17) is 5.14 Å². The first-order valence-electron chi connectivity index (χ1n) is 7.59. The fourth-order valence-corrected chi connectivity index (χ4v) is 6.31. The van der Waals surface area contributed by atoms with Crippen molar-refractivity contribution in [3.63, 3.8) is 0 Å². The third kappa shape index (κ3) is 5.46. The molecule has 144 valence electrons. The summed E-state index contributed by atoms with van der Waals surface area (Å²) in [5.74, 6) is -1.47. The number of rotatable bonds is 8. The van der Waals surface area contributed by atoms with Gasteiger partial charge in [-0.3, -0.25) is 4.79 Å². The monoisotopic (exact) mass is 483 g/mol. The number of thiazole rings is 1. The van der Waals surface area contributed by atoms with Crippen LogP contribution >= 0.6 is 27.3 Å². The predicted molar refractivity (Wildman–Crippen MR) is 105 cm³/mol. The number of primary sulfonamides is 1. The van der Waals surface area contributed by atoms with E-state index in [0.717, 1.165) is 20.5 Å². The van der Waals surface area contributed by atoms with Gasteiger partial charge in [0.15, 0.2) is 15.1 Å². The molecule has 0 spiro atoms. The van der Waals surface area contributed by atoms with Gasteiger partial charge in [0.2, 0.25) is 15.9 Å². The van der Waals surface area contributed by atoms with Crippen LogP contribution in [0.4, 0.5) is 0 Å². The first-order chi connectivity index (χ1) is 12.0. The van der Waals surface area contributed by atoms with E-state index in [-0.39, 0.29) is 17.3 Å². The second-order valence-corrected chi connectivity index (χ2v) is 11.5. The number of carbonyl (C=O) groups is 1.